The molecule has 3 fully saturated rings. The molecule has 2 nitrogen and oxygen atoms in total. The molecule has 1 unspecified atom stereocenters. The van der Waals surface area contributed by atoms with Gasteiger partial charge in [-0.3, -0.25) is 5.32 Å². The fourth-order valence-electron chi connectivity index (χ4n) is 7.29. The average Bonchev–Trinajstić information content (AvgIpc) is 3.67. The molecule has 4 aliphatic rings. The number of aliphatic hydroxyl groups is 1. The number of hydrogen-bond donors (Lipinski definition) is 2. The minimum Gasteiger partial charge on any atom is -0.374 e. The molecule has 0 spiro atoms. The van der Waals surface area contributed by atoms with Crippen LogP contribution in [0.1, 0.15) is 106 Å². The molecule has 0 aliphatic heterocycles. The first kappa shape index (κ1) is 28.6. The molecule has 4 aliphatic carbocycles. The summed E-state index contributed by atoms with van der Waals surface area (Å²) in [6.07, 6.45) is 23.9. The van der Waals surface area contributed by atoms with Crippen molar-refractivity contribution in [3.8, 4) is 0 Å². The van der Waals surface area contributed by atoms with Crippen LogP contribution < -0.4 is 5.32 Å². The summed E-state index contributed by atoms with van der Waals surface area (Å²) in [5.41, 5.74) is 5.83. The Labute approximate surface area is 228 Å². The van der Waals surface area contributed by atoms with Gasteiger partial charge in [0.1, 0.15) is 6.23 Å². The number of fused-ring (bicyclic) bond motifs is 1. The van der Waals surface area contributed by atoms with Gasteiger partial charge in [-0.2, -0.15) is 0 Å². The van der Waals surface area contributed by atoms with Crippen LogP contribution in [0.4, 0.5) is 0 Å². The maximum Gasteiger partial charge on any atom is 0.131 e. The third-order valence-electron chi connectivity index (χ3n) is 10.4. The first-order valence-corrected chi connectivity index (χ1v) is 15.3. The van der Waals surface area contributed by atoms with Gasteiger partial charge >= 0.3 is 0 Å². The molecule has 37 heavy (non-hydrogen) atoms. The van der Waals surface area contributed by atoms with Crippen LogP contribution in [0, 0.1) is 40.4 Å². The van der Waals surface area contributed by atoms with Crippen LogP contribution in [-0.2, 0) is 0 Å². The summed E-state index contributed by atoms with van der Waals surface area (Å²) >= 11 is 0. The lowest BCUT2D eigenvalue weighted by Gasteiger charge is -2.52. The largest absolute Gasteiger partial charge is 0.374 e. The molecule has 206 valence electrons. The fourth-order valence-corrected chi connectivity index (χ4v) is 7.29. The van der Waals surface area contributed by atoms with Crippen LogP contribution in [0.5, 0.6) is 0 Å². The molecule has 0 saturated heterocycles. The van der Waals surface area contributed by atoms with E-state index in [4.69, 9.17) is 0 Å². The Bertz CT molecular complexity index is 932. The number of aliphatic hydroxyl groups excluding tert-OH is 1. The van der Waals surface area contributed by atoms with Crippen LogP contribution in [0.3, 0.4) is 0 Å². The van der Waals surface area contributed by atoms with Crippen LogP contribution >= 0.6 is 0 Å². The van der Waals surface area contributed by atoms with Crippen LogP contribution in [-0.4, -0.2) is 17.9 Å². The van der Waals surface area contributed by atoms with E-state index in [0.717, 1.165) is 30.4 Å². The van der Waals surface area contributed by atoms with E-state index in [1.165, 1.54) is 74.5 Å². The third kappa shape index (κ3) is 7.39. The van der Waals surface area contributed by atoms with Crippen molar-refractivity contribution in [1.29, 1.82) is 0 Å². The van der Waals surface area contributed by atoms with Gasteiger partial charge in [0.2, 0.25) is 0 Å². The standard InChI is InChI=1S/C35H55NO/c1-8-29(33(37)36-23-28-14-12-27(13-15-28)21-26-10-11-26)16-9-24(2)19-30-22-32-31(20-25(30)3)34(4,5)17-18-35(32,6)7/h8-9,16,20,22,26-28,31-33,36-37H,1,10-15,17-19,21,23H2,2-7H3/b24-9+,29-16+/t27?,28?,31?,32-,33+/m0/s1. The zero-order valence-corrected chi connectivity index (χ0v) is 24.8. The second kappa shape index (κ2) is 11.8. The molecule has 0 amide bonds. The number of rotatable bonds is 10. The molecule has 0 aromatic rings. The van der Waals surface area contributed by atoms with E-state index in [2.05, 4.69) is 77.7 Å². The van der Waals surface area contributed by atoms with Gasteiger partial charge in [-0.1, -0.05) is 101 Å². The zero-order chi connectivity index (χ0) is 26.8. The lowest BCUT2D eigenvalue weighted by atomic mass is 9.52. The molecule has 2 N–H and O–H groups in total. The fraction of sp³-hybridized carbons (Fsp3) is 0.714. The summed E-state index contributed by atoms with van der Waals surface area (Å²) in [5.74, 6) is 3.95. The normalized spacial score (nSPS) is 32.7. The van der Waals surface area contributed by atoms with Crippen molar-refractivity contribution >= 4 is 0 Å². The number of hydrogen-bond acceptors (Lipinski definition) is 2. The molecule has 4 rings (SSSR count). The van der Waals surface area contributed by atoms with Gasteiger partial charge in [0.15, 0.2) is 0 Å². The first-order valence-electron chi connectivity index (χ1n) is 15.3. The van der Waals surface area contributed by atoms with Crippen LogP contribution in [0.25, 0.3) is 0 Å². The molecular formula is C35H55NO. The maximum absolute atomic E-state index is 10.8. The SMILES string of the molecule is C=C/C(=C\C=C(/C)CC1=C[C@H]2C(C=C1C)C(C)(C)CCC2(C)C)[C@@H](O)NCC1CCC(CC2CC2)CC1. The van der Waals surface area contributed by atoms with Gasteiger partial charge in [0, 0.05) is 6.54 Å². The van der Waals surface area contributed by atoms with E-state index in [1.54, 1.807) is 6.08 Å². The molecule has 0 aromatic heterocycles. The number of allylic oxidation sites excluding steroid dienone is 7. The van der Waals surface area contributed by atoms with Gasteiger partial charge in [-0.15, -0.1) is 0 Å². The maximum atomic E-state index is 10.8. The van der Waals surface area contributed by atoms with Crippen molar-refractivity contribution in [2.75, 3.05) is 6.54 Å². The molecule has 0 heterocycles. The Morgan fingerprint density at radius 1 is 0.946 bits per heavy atom. The van der Waals surface area contributed by atoms with Crippen molar-refractivity contribution in [3.63, 3.8) is 0 Å². The molecule has 3 saturated carbocycles. The van der Waals surface area contributed by atoms with Gasteiger partial charge < -0.3 is 5.11 Å². The van der Waals surface area contributed by atoms with E-state index in [-0.39, 0.29) is 0 Å². The molecule has 0 aromatic carbocycles. The predicted octanol–water partition coefficient (Wildman–Crippen LogP) is 8.91. The highest BCUT2D eigenvalue weighted by molar-refractivity contribution is 5.40. The van der Waals surface area contributed by atoms with E-state index < -0.39 is 6.23 Å². The molecular weight excluding hydrogens is 450 g/mol. The van der Waals surface area contributed by atoms with Gasteiger partial charge in [-0.05, 0) is 104 Å². The summed E-state index contributed by atoms with van der Waals surface area (Å²) in [6.45, 7) is 19.2. The predicted molar refractivity (Wildman–Crippen MR) is 159 cm³/mol. The third-order valence-corrected chi connectivity index (χ3v) is 10.4. The Morgan fingerprint density at radius 3 is 2.05 bits per heavy atom. The van der Waals surface area contributed by atoms with E-state index in [9.17, 15) is 5.11 Å². The first-order chi connectivity index (χ1) is 17.5. The molecule has 2 heteroatoms. The molecule has 0 radical (unpaired) electrons. The van der Waals surface area contributed by atoms with Crippen molar-refractivity contribution in [1.82, 2.24) is 5.32 Å². The van der Waals surface area contributed by atoms with Gasteiger partial charge in [-0.25, -0.2) is 0 Å². The van der Waals surface area contributed by atoms with Crippen molar-refractivity contribution in [2.45, 2.75) is 112 Å². The van der Waals surface area contributed by atoms with E-state index in [0.29, 0.717) is 28.6 Å². The summed E-state index contributed by atoms with van der Waals surface area (Å²) < 4.78 is 0. The summed E-state index contributed by atoms with van der Waals surface area (Å²) in [7, 11) is 0. The minimum absolute atomic E-state index is 0.350. The molecule has 3 atom stereocenters. The van der Waals surface area contributed by atoms with Crippen LogP contribution in [0.2, 0.25) is 0 Å². The Hall–Kier alpha value is -1.38. The minimum atomic E-state index is -0.646. The lowest BCUT2D eigenvalue weighted by molar-refractivity contribution is 0.0320. The smallest absolute Gasteiger partial charge is 0.131 e. The van der Waals surface area contributed by atoms with Crippen molar-refractivity contribution in [3.05, 3.63) is 59.3 Å². The Balaban J connectivity index is 1.31. The highest BCUT2D eigenvalue weighted by atomic mass is 16.3. The van der Waals surface area contributed by atoms with Gasteiger partial charge in [0.05, 0.1) is 0 Å². The lowest BCUT2D eigenvalue weighted by Crippen LogP contribution is -2.43. The average molecular weight is 506 g/mol. The summed E-state index contributed by atoms with van der Waals surface area (Å²) in [5, 5.41) is 14.2. The van der Waals surface area contributed by atoms with Crippen LogP contribution in [0.15, 0.2) is 59.3 Å². The second-order valence-electron chi connectivity index (χ2n) is 14.5. The number of nitrogens with one attached hydrogen (secondary N) is 1. The highest BCUT2D eigenvalue weighted by Gasteiger charge is 2.47. The summed E-state index contributed by atoms with van der Waals surface area (Å²) in [6, 6.07) is 0. The van der Waals surface area contributed by atoms with Crippen molar-refractivity contribution < 1.29 is 5.11 Å². The topological polar surface area (TPSA) is 32.3 Å². The summed E-state index contributed by atoms with van der Waals surface area (Å²) in [4.78, 5) is 0. The monoisotopic (exact) mass is 505 g/mol. The molecule has 0 bridgehead atoms. The van der Waals surface area contributed by atoms with Crippen molar-refractivity contribution in [2.24, 2.45) is 40.4 Å². The Morgan fingerprint density at radius 2 is 1.49 bits per heavy atom. The van der Waals surface area contributed by atoms with E-state index in [1.807, 2.05) is 0 Å². The van der Waals surface area contributed by atoms with E-state index >= 15 is 0 Å². The second-order valence-corrected chi connectivity index (χ2v) is 14.5. The zero-order valence-electron chi connectivity index (χ0n) is 24.8. The quantitative estimate of drug-likeness (QED) is 0.229. The van der Waals surface area contributed by atoms with Gasteiger partial charge in [0.25, 0.3) is 0 Å². The highest BCUT2D eigenvalue weighted by Crippen LogP contribution is 2.56. The Kier molecular flexibility index (Phi) is 9.12.